The van der Waals surface area contributed by atoms with E-state index in [4.69, 9.17) is 23.5 Å². The monoisotopic (exact) mass is 1080 g/mol. The molecule has 1 aliphatic rings. The van der Waals surface area contributed by atoms with Gasteiger partial charge in [0, 0.05) is 12.8 Å². The maximum atomic E-state index is 14.0. The number of phosphoric acid groups is 1. The highest BCUT2D eigenvalue weighted by Gasteiger charge is 2.51. The van der Waals surface area contributed by atoms with E-state index in [9.17, 15) is 43.7 Å². The molecule has 74 heavy (non-hydrogen) atoms. The average Bonchev–Trinajstić information content (AvgIpc) is 3.35. The van der Waals surface area contributed by atoms with Crippen molar-refractivity contribution in [3.8, 4) is 0 Å². The minimum Gasteiger partial charge on any atom is -0.462 e. The highest BCUT2D eigenvalue weighted by molar-refractivity contribution is 7.46. The maximum Gasteiger partial charge on any atom is 0.470 e. The Balaban J connectivity index is 3.19. The van der Waals surface area contributed by atoms with Crippen LogP contribution >= 0.6 is 7.82 Å². The summed E-state index contributed by atoms with van der Waals surface area (Å²) in [6.45, 7) is 7.89. The van der Waals surface area contributed by atoms with Crippen molar-refractivity contribution in [3.63, 3.8) is 0 Å². The predicted octanol–water partition coefficient (Wildman–Crippen LogP) is 13.9. The van der Waals surface area contributed by atoms with Gasteiger partial charge in [0.25, 0.3) is 0 Å². The Kier molecular flexibility index (Phi) is 44.3. The molecule has 5 N–H and O–H groups in total. The van der Waals surface area contributed by atoms with Crippen LogP contribution in [0.3, 0.4) is 0 Å². The standard InChI is InChI=1S/C58H110NO14P/c1-5-9-13-17-21-25-29-33-37-41-48(69-52(62)43-39-35-31-27-23-19-15-11-7-3)45-51(61)59-55-57(56(73-74(66,67)68)50(47-60)71-58(55)65)72-54(64)46-49(42-38-34-30-26-22-18-14-10-6-2)70-53(63)44-40-36-32-28-24-20-16-12-8-4/h48-50,55-58,60,65H,5-47H2,1-4H3,(H,59,61)(H2,66,67,68)/t48-,49-,50-,55+,56-,57-,58+/m1/s1. The normalized spacial score (nSPS) is 18.7. The Bertz CT molecular complexity index is 1430. The smallest absolute Gasteiger partial charge is 0.462 e. The van der Waals surface area contributed by atoms with Gasteiger partial charge in [-0.15, -0.1) is 0 Å². The second-order valence-corrected chi connectivity index (χ2v) is 22.6. The van der Waals surface area contributed by atoms with E-state index in [-0.39, 0.29) is 19.3 Å². The molecule has 1 heterocycles. The van der Waals surface area contributed by atoms with E-state index >= 15 is 0 Å². The third-order valence-corrected chi connectivity index (χ3v) is 14.8. The van der Waals surface area contributed by atoms with E-state index in [0.717, 1.165) is 89.9 Å². The van der Waals surface area contributed by atoms with Gasteiger partial charge in [0.15, 0.2) is 12.4 Å². The number of rotatable bonds is 51. The lowest BCUT2D eigenvalue weighted by Crippen LogP contribution is -2.65. The van der Waals surface area contributed by atoms with Gasteiger partial charge in [-0.05, 0) is 38.5 Å². The third kappa shape index (κ3) is 38.4. The van der Waals surface area contributed by atoms with E-state index in [1.807, 2.05) is 0 Å². The largest absolute Gasteiger partial charge is 0.470 e. The highest BCUT2D eigenvalue weighted by atomic mass is 31.2. The number of ether oxygens (including phenoxy) is 4. The molecule has 1 amide bonds. The zero-order valence-electron chi connectivity index (χ0n) is 47.3. The second-order valence-electron chi connectivity index (χ2n) is 21.4. The predicted molar refractivity (Wildman–Crippen MR) is 293 cm³/mol. The summed E-state index contributed by atoms with van der Waals surface area (Å²) in [4.78, 5) is 74.3. The fourth-order valence-electron chi connectivity index (χ4n) is 9.90. The third-order valence-electron chi connectivity index (χ3n) is 14.3. The fourth-order valence-corrected chi connectivity index (χ4v) is 10.5. The van der Waals surface area contributed by atoms with Crippen LogP contribution in [0, 0.1) is 0 Å². The number of carbonyl (C=O) groups is 4. The van der Waals surface area contributed by atoms with Crippen molar-refractivity contribution in [1.82, 2.24) is 5.32 Å². The summed E-state index contributed by atoms with van der Waals surface area (Å²) >= 11 is 0. The molecule has 436 valence electrons. The first-order valence-electron chi connectivity index (χ1n) is 30.3. The van der Waals surface area contributed by atoms with Gasteiger partial charge in [-0.3, -0.25) is 23.7 Å². The molecule has 0 aromatic carbocycles. The van der Waals surface area contributed by atoms with Gasteiger partial charge in [-0.25, -0.2) is 4.57 Å². The van der Waals surface area contributed by atoms with Crippen molar-refractivity contribution in [2.75, 3.05) is 6.61 Å². The quantitative estimate of drug-likeness (QED) is 0.0165. The van der Waals surface area contributed by atoms with Gasteiger partial charge in [0.2, 0.25) is 5.91 Å². The molecule has 0 radical (unpaired) electrons. The minimum atomic E-state index is -5.34. The Morgan fingerprint density at radius 2 is 0.824 bits per heavy atom. The van der Waals surface area contributed by atoms with Gasteiger partial charge >= 0.3 is 25.7 Å². The number of unbranched alkanes of at least 4 members (excludes halogenated alkanes) is 32. The van der Waals surface area contributed by atoms with Crippen molar-refractivity contribution in [2.24, 2.45) is 0 Å². The van der Waals surface area contributed by atoms with Gasteiger partial charge in [-0.2, -0.15) is 0 Å². The van der Waals surface area contributed by atoms with Crippen LogP contribution in [-0.2, 0) is 47.2 Å². The lowest BCUT2D eigenvalue weighted by atomic mass is 9.96. The molecular formula is C58H110NO14P. The van der Waals surface area contributed by atoms with Crippen molar-refractivity contribution in [2.45, 2.75) is 340 Å². The molecule has 1 rings (SSSR count). The summed E-state index contributed by atoms with van der Waals surface area (Å²) in [6, 6.07) is -1.62. The summed E-state index contributed by atoms with van der Waals surface area (Å²) in [5.41, 5.74) is 0. The van der Waals surface area contributed by atoms with Crippen LogP contribution in [0.25, 0.3) is 0 Å². The van der Waals surface area contributed by atoms with E-state index in [0.29, 0.717) is 38.5 Å². The average molecular weight is 1080 g/mol. The molecule has 7 atom stereocenters. The highest BCUT2D eigenvalue weighted by Crippen LogP contribution is 2.42. The Morgan fingerprint density at radius 1 is 0.486 bits per heavy atom. The van der Waals surface area contributed by atoms with Crippen LogP contribution in [0.2, 0.25) is 0 Å². The number of aliphatic hydroxyl groups is 2. The molecule has 0 aromatic rings. The minimum absolute atomic E-state index is 0.199. The summed E-state index contributed by atoms with van der Waals surface area (Å²) < 4.78 is 40.6. The zero-order chi connectivity index (χ0) is 54.5. The van der Waals surface area contributed by atoms with Gasteiger partial charge in [0.1, 0.15) is 30.5 Å². The van der Waals surface area contributed by atoms with E-state index in [2.05, 4.69) is 33.0 Å². The molecule has 0 spiro atoms. The van der Waals surface area contributed by atoms with Crippen LogP contribution in [0.4, 0.5) is 0 Å². The lowest BCUT2D eigenvalue weighted by molar-refractivity contribution is -0.256. The number of hydrogen-bond donors (Lipinski definition) is 5. The van der Waals surface area contributed by atoms with E-state index < -0.39 is 87.5 Å². The Labute approximate surface area is 449 Å². The molecule has 0 bridgehead atoms. The number of phosphoric ester groups is 1. The van der Waals surface area contributed by atoms with Crippen LogP contribution in [0.1, 0.15) is 297 Å². The van der Waals surface area contributed by atoms with Gasteiger partial charge in [0.05, 0.1) is 19.4 Å². The van der Waals surface area contributed by atoms with Crippen molar-refractivity contribution < 1.29 is 67.2 Å². The molecule has 1 aliphatic heterocycles. The number of esters is 3. The summed E-state index contributed by atoms with van der Waals surface area (Å²) in [5.74, 6) is -2.45. The van der Waals surface area contributed by atoms with Crippen molar-refractivity contribution in [1.29, 1.82) is 0 Å². The van der Waals surface area contributed by atoms with Gasteiger partial charge in [-0.1, -0.05) is 233 Å². The Morgan fingerprint density at radius 3 is 1.18 bits per heavy atom. The fraction of sp³-hybridized carbons (Fsp3) is 0.931. The van der Waals surface area contributed by atoms with Gasteiger partial charge < -0.3 is 44.3 Å². The second kappa shape index (κ2) is 46.9. The van der Waals surface area contributed by atoms with Crippen molar-refractivity contribution >= 4 is 31.6 Å². The number of hydrogen-bond acceptors (Lipinski definition) is 12. The number of nitrogens with one attached hydrogen (secondary N) is 1. The summed E-state index contributed by atoms with van der Waals surface area (Å²) in [7, 11) is -5.34. The number of aliphatic hydroxyl groups excluding tert-OH is 2. The van der Waals surface area contributed by atoms with Crippen LogP contribution < -0.4 is 5.32 Å². The van der Waals surface area contributed by atoms with Crippen LogP contribution in [0.5, 0.6) is 0 Å². The molecule has 0 aromatic heterocycles. The van der Waals surface area contributed by atoms with Crippen molar-refractivity contribution in [3.05, 3.63) is 0 Å². The maximum absolute atomic E-state index is 14.0. The zero-order valence-corrected chi connectivity index (χ0v) is 48.2. The first kappa shape index (κ1) is 69.9. The summed E-state index contributed by atoms with van der Waals surface area (Å²) in [5, 5.41) is 24.2. The molecule has 0 aliphatic carbocycles. The number of amides is 1. The lowest BCUT2D eigenvalue weighted by Gasteiger charge is -2.43. The first-order chi connectivity index (χ1) is 35.8. The Hall–Kier alpha value is -2.13. The number of carbonyl (C=O) groups excluding carboxylic acids is 4. The van der Waals surface area contributed by atoms with Crippen LogP contribution in [0.15, 0.2) is 0 Å². The molecule has 0 saturated carbocycles. The van der Waals surface area contributed by atoms with E-state index in [1.165, 1.54) is 116 Å². The SMILES string of the molecule is CCCCCCCCCCCC(=O)O[C@H](CCCCCCCCCCC)CC(=O)N[C@H]1[C@@H](OC(=O)C[C@@H](CCCCCCCCCCC)OC(=O)CCCCCCCCCCC)[C@H](OP(=O)(O)O)[C@@H](CO)O[C@@H]1O. The molecule has 1 fully saturated rings. The molecular weight excluding hydrogens is 966 g/mol. The molecule has 0 unspecified atom stereocenters. The molecule has 15 nitrogen and oxygen atoms in total. The molecule has 16 heteroatoms. The first-order valence-corrected chi connectivity index (χ1v) is 31.9. The molecule has 1 saturated heterocycles. The van der Waals surface area contributed by atoms with Crippen LogP contribution in [-0.4, -0.2) is 93.3 Å². The van der Waals surface area contributed by atoms with E-state index in [1.54, 1.807) is 0 Å². The summed E-state index contributed by atoms with van der Waals surface area (Å²) in [6.07, 6.45) is 30.8. The topological polar surface area (TPSA) is 224 Å².